The van der Waals surface area contributed by atoms with Crippen LogP contribution in [-0.4, -0.2) is 47.4 Å². The zero-order chi connectivity index (χ0) is 37.3. The second-order valence-electron chi connectivity index (χ2n) is 15.0. The summed E-state index contributed by atoms with van der Waals surface area (Å²) in [5, 5.41) is 22.8. The van der Waals surface area contributed by atoms with Gasteiger partial charge in [0.1, 0.15) is 0 Å². The smallest absolute Gasteiger partial charge is 0.305 e. The fourth-order valence-electron chi connectivity index (χ4n) is 6.52. The summed E-state index contributed by atoms with van der Waals surface area (Å²) in [6, 6.07) is -0.662. The molecule has 2 unspecified atom stereocenters. The Morgan fingerprint density at radius 3 is 1.43 bits per heavy atom. The molecule has 0 spiro atoms. The Bertz CT molecular complexity index is 797. The van der Waals surface area contributed by atoms with Crippen molar-refractivity contribution in [1.82, 2.24) is 5.32 Å². The molecule has 0 bridgehead atoms. The van der Waals surface area contributed by atoms with Gasteiger partial charge in [0.25, 0.3) is 0 Å². The average molecular weight is 720 g/mol. The second-order valence-corrected chi connectivity index (χ2v) is 15.0. The van der Waals surface area contributed by atoms with Gasteiger partial charge in [-0.2, -0.15) is 0 Å². The summed E-state index contributed by atoms with van der Waals surface area (Å²) < 4.78 is 5.43. The van der Waals surface area contributed by atoms with Crippen LogP contribution in [0.25, 0.3) is 0 Å². The van der Waals surface area contributed by atoms with E-state index in [0.29, 0.717) is 19.4 Å². The lowest BCUT2D eigenvalue weighted by Gasteiger charge is -2.19. The number of aliphatic hydroxyl groups is 2. The number of amides is 1. The van der Waals surface area contributed by atoms with Crippen LogP contribution in [0, 0.1) is 0 Å². The monoisotopic (exact) mass is 720 g/mol. The molecule has 0 aromatic rings. The van der Waals surface area contributed by atoms with Crippen molar-refractivity contribution in [1.29, 1.82) is 0 Å². The third-order valence-electron chi connectivity index (χ3n) is 9.97. The van der Waals surface area contributed by atoms with Crippen LogP contribution in [0.5, 0.6) is 0 Å². The van der Waals surface area contributed by atoms with Gasteiger partial charge < -0.3 is 20.3 Å². The normalized spacial score (nSPS) is 12.9. The number of hydrogen-bond donors (Lipinski definition) is 3. The van der Waals surface area contributed by atoms with Crippen LogP contribution < -0.4 is 5.32 Å². The predicted octanol–water partition coefficient (Wildman–Crippen LogP) is 12.4. The minimum atomic E-state index is -0.871. The molecule has 51 heavy (non-hydrogen) atoms. The first-order chi connectivity index (χ1) is 25.0. The lowest BCUT2D eigenvalue weighted by molar-refractivity contribution is -0.143. The molecule has 6 nitrogen and oxygen atoms in total. The average Bonchev–Trinajstić information content (AvgIpc) is 3.13. The van der Waals surface area contributed by atoms with E-state index in [-0.39, 0.29) is 18.5 Å². The van der Waals surface area contributed by atoms with Crippen LogP contribution in [0.1, 0.15) is 226 Å². The Morgan fingerprint density at radius 1 is 0.529 bits per heavy atom. The highest BCUT2D eigenvalue weighted by Crippen LogP contribution is 2.15. The summed E-state index contributed by atoms with van der Waals surface area (Å²) in [6.45, 7) is 4.77. The van der Waals surface area contributed by atoms with Gasteiger partial charge in [-0.25, -0.2) is 0 Å². The van der Waals surface area contributed by atoms with E-state index in [0.717, 1.165) is 70.6 Å². The molecule has 0 fully saturated rings. The third kappa shape index (κ3) is 37.9. The van der Waals surface area contributed by atoms with Crippen molar-refractivity contribution < 1.29 is 24.5 Å². The fraction of sp³-hybridized carbons (Fsp3) is 0.867. The molecule has 0 aromatic carbocycles. The highest BCUT2D eigenvalue weighted by molar-refractivity contribution is 5.76. The van der Waals surface area contributed by atoms with E-state index in [9.17, 15) is 19.8 Å². The van der Waals surface area contributed by atoms with Crippen LogP contribution in [0.3, 0.4) is 0 Å². The Balaban J connectivity index is 3.54. The minimum absolute atomic E-state index is 0.0361. The summed E-state index contributed by atoms with van der Waals surface area (Å²) in [5.74, 6) is -0.168. The molecule has 0 heterocycles. The van der Waals surface area contributed by atoms with Crippen molar-refractivity contribution in [2.24, 2.45) is 0 Å². The summed E-state index contributed by atoms with van der Waals surface area (Å²) >= 11 is 0. The van der Waals surface area contributed by atoms with Gasteiger partial charge in [0, 0.05) is 12.8 Å². The Labute approximate surface area is 316 Å². The number of allylic oxidation sites excluding steroid dienone is 3. The van der Waals surface area contributed by atoms with Crippen molar-refractivity contribution in [3.8, 4) is 0 Å². The predicted molar refractivity (Wildman–Crippen MR) is 218 cm³/mol. The molecule has 0 rings (SSSR count). The van der Waals surface area contributed by atoms with E-state index in [4.69, 9.17) is 4.74 Å². The molecule has 0 aromatic heterocycles. The molecule has 0 radical (unpaired) electrons. The lowest BCUT2D eigenvalue weighted by atomic mass is 10.0. The van der Waals surface area contributed by atoms with Gasteiger partial charge in [-0.1, -0.05) is 186 Å². The number of carbonyl (C=O) groups excluding carboxylic acids is 2. The number of nitrogens with one attached hydrogen (secondary N) is 1. The van der Waals surface area contributed by atoms with Crippen LogP contribution in [0.15, 0.2) is 24.3 Å². The van der Waals surface area contributed by atoms with E-state index in [1.807, 2.05) is 6.08 Å². The zero-order valence-corrected chi connectivity index (χ0v) is 33.8. The van der Waals surface area contributed by atoms with Gasteiger partial charge in [0.2, 0.25) is 5.91 Å². The number of aliphatic hydroxyl groups excluding tert-OH is 2. The number of carbonyl (C=O) groups is 2. The van der Waals surface area contributed by atoms with Crippen LogP contribution in [0.4, 0.5) is 0 Å². The van der Waals surface area contributed by atoms with E-state index >= 15 is 0 Å². The minimum Gasteiger partial charge on any atom is -0.466 e. The molecule has 2 atom stereocenters. The zero-order valence-electron chi connectivity index (χ0n) is 33.8. The van der Waals surface area contributed by atoms with E-state index in [1.165, 1.54) is 128 Å². The summed E-state index contributed by atoms with van der Waals surface area (Å²) in [5.41, 5.74) is 0. The van der Waals surface area contributed by atoms with Crippen molar-refractivity contribution in [3.63, 3.8) is 0 Å². The fourth-order valence-corrected chi connectivity index (χ4v) is 6.52. The van der Waals surface area contributed by atoms with Gasteiger partial charge in [-0.3, -0.25) is 9.59 Å². The van der Waals surface area contributed by atoms with Gasteiger partial charge in [-0.05, 0) is 51.4 Å². The largest absolute Gasteiger partial charge is 0.466 e. The molecule has 3 N–H and O–H groups in total. The number of unbranched alkanes of at least 4 members (excludes halogenated alkanes) is 27. The summed E-state index contributed by atoms with van der Waals surface area (Å²) in [6.07, 6.45) is 46.1. The Hall–Kier alpha value is -1.66. The lowest BCUT2D eigenvalue weighted by Crippen LogP contribution is -2.45. The maximum atomic E-state index is 12.3. The van der Waals surface area contributed by atoms with E-state index in [1.54, 1.807) is 6.08 Å². The molecule has 0 aliphatic rings. The topological polar surface area (TPSA) is 95.9 Å². The quantitative estimate of drug-likeness (QED) is 0.0333. The van der Waals surface area contributed by atoms with E-state index < -0.39 is 12.1 Å². The highest BCUT2D eigenvalue weighted by Gasteiger charge is 2.17. The number of hydrogen-bond acceptors (Lipinski definition) is 5. The Kier molecular flexibility index (Phi) is 39.8. The molecular weight excluding hydrogens is 634 g/mol. The molecular formula is C45H85NO5. The summed E-state index contributed by atoms with van der Waals surface area (Å²) in [7, 11) is 0. The van der Waals surface area contributed by atoms with Gasteiger partial charge in [0.15, 0.2) is 0 Å². The van der Waals surface area contributed by atoms with Crippen molar-refractivity contribution in [3.05, 3.63) is 24.3 Å². The first-order valence-corrected chi connectivity index (χ1v) is 22.1. The highest BCUT2D eigenvalue weighted by atomic mass is 16.5. The van der Waals surface area contributed by atoms with Crippen LogP contribution >= 0.6 is 0 Å². The Morgan fingerprint density at radius 2 is 0.941 bits per heavy atom. The summed E-state index contributed by atoms with van der Waals surface area (Å²) in [4.78, 5) is 24.3. The van der Waals surface area contributed by atoms with Gasteiger partial charge >= 0.3 is 5.97 Å². The standard InChI is InChI=1S/C45H85NO5/c1-3-5-7-9-11-13-14-15-16-17-18-19-23-27-31-35-39-45(50)51-40-36-32-28-24-20-22-26-30-34-38-44(49)46-42(41-47)43(48)37-33-29-25-21-12-10-8-6-4-2/h22,26,33,37,42-43,47-48H,3-21,23-25,27-32,34-36,38-41H2,1-2H3,(H,46,49)/b26-22-,37-33+. The first-order valence-electron chi connectivity index (χ1n) is 22.1. The molecule has 0 aliphatic heterocycles. The SMILES string of the molecule is CCCCCCCCC/C=C/C(O)C(CO)NC(=O)CCC/C=C\CCCCCCOC(=O)CCCCCCCCCCCCCCCCCC. The number of rotatable bonds is 40. The molecule has 1 amide bonds. The third-order valence-corrected chi connectivity index (χ3v) is 9.97. The van der Waals surface area contributed by atoms with E-state index in [2.05, 4.69) is 31.3 Å². The first kappa shape index (κ1) is 49.3. The maximum Gasteiger partial charge on any atom is 0.305 e. The maximum absolute atomic E-state index is 12.3. The second kappa shape index (κ2) is 41.1. The van der Waals surface area contributed by atoms with Gasteiger partial charge in [-0.15, -0.1) is 0 Å². The van der Waals surface area contributed by atoms with Gasteiger partial charge in [0.05, 0.1) is 25.4 Å². The van der Waals surface area contributed by atoms with Crippen LogP contribution in [-0.2, 0) is 14.3 Å². The molecule has 6 heteroatoms. The number of ether oxygens (including phenoxy) is 1. The number of esters is 1. The molecule has 0 saturated carbocycles. The molecule has 0 saturated heterocycles. The van der Waals surface area contributed by atoms with Crippen LogP contribution in [0.2, 0.25) is 0 Å². The van der Waals surface area contributed by atoms with Crippen molar-refractivity contribution in [2.45, 2.75) is 238 Å². The molecule has 300 valence electrons. The molecule has 0 aliphatic carbocycles. The van der Waals surface area contributed by atoms with Crippen molar-refractivity contribution >= 4 is 11.9 Å². The van der Waals surface area contributed by atoms with Crippen molar-refractivity contribution in [2.75, 3.05) is 13.2 Å².